The molecule has 0 aromatic heterocycles. The Morgan fingerprint density at radius 2 is 0.512 bits per heavy atom. The summed E-state index contributed by atoms with van der Waals surface area (Å²) in [7, 11) is 0. The summed E-state index contributed by atoms with van der Waals surface area (Å²) in [4.78, 5) is 104. The highest BCUT2D eigenvalue weighted by Crippen LogP contribution is 2.29. The Labute approximate surface area is 482 Å². The van der Waals surface area contributed by atoms with Crippen LogP contribution in [-0.2, 0) is 28.8 Å². The third kappa shape index (κ3) is 39.4. The third-order valence-corrected chi connectivity index (χ3v) is 15.7. The van der Waals surface area contributed by atoms with Crippen LogP contribution in [0.1, 0.15) is 311 Å². The molecule has 1 rings (SSSR count). The normalized spacial score (nSPS) is 11.5. The van der Waals surface area contributed by atoms with Gasteiger partial charge in [0.2, 0.25) is 17.7 Å². The van der Waals surface area contributed by atoms with E-state index in [1.54, 1.807) is 0 Å². The number of carbonyl (C=O) groups excluding carboxylic acids is 5. The zero-order chi connectivity index (χ0) is 59.0. The molecule has 0 unspecified atom stereocenters. The molecule has 5 amide bonds. The lowest BCUT2D eigenvalue weighted by Crippen LogP contribution is -2.50. The highest BCUT2D eigenvalue weighted by Gasteiger charge is 2.36. The summed E-state index contributed by atoms with van der Waals surface area (Å²) in [5.41, 5.74) is -2.40. The Morgan fingerprint density at radius 1 is 0.312 bits per heavy atom. The summed E-state index contributed by atoms with van der Waals surface area (Å²) >= 11 is 0. The molecule has 0 aliphatic rings. The fourth-order valence-electron chi connectivity index (χ4n) is 10.4. The summed E-state index contributed by atoms with van der Waals surface area (Å²) < 4.78 is 0. The summed E-state index contributed by atoms with van der Waals surface area (Å²) in [5, 5.41) is 43.5. The maximum absolute atomic E-state index is 14.4. The number of nitrogens with one attached hydrogen (secondary N) is 5. The van der Waals surface area contributed by atoms with E-state index in [4.69, 9.17) is 0 Å². The molecule has 80 heavy (non-hydrogen) atoms. The molecule has 8 N–H and O–H groups in total. The van der Waals surface area contributed by atoms with Crippen molar-refractivity contribution in [1.29, 1.82) is 0 Å². The van der Waals surface area contributed by atoms with E-state index in [0.717, 1.165) is 57.8 Å². The van der Waals surface area contributed by atoms with Crippen molar-refractivity contribution in [3.05, 3.63) is 35.4 Å². The van der Waals surface area contributed by atoms with Gasteiger partial charge in [-0.2, -0.15) is 0 Å². The van der Waals surface area contributed by atoms with Crippen molar-refractivity contribution in [2.45, 2.75) is 302 Å². The van der Waals surface area contributed by atoms with Crippen LogP contribution in [0.4, 0.5) is 0 Å². The van der Waals surface area contributed by atoms with E-state index in [9.17, 15) is 53.7 Å². The highest BCUT2D eigenvalue weighted by molar-refractivity contribution is 5.98. The second-order valence-corrected chi connectivity index (χ2v) is 22.8. The predicted molar refractivity (Wildman–Crippen MR) is 320 cm³/mol. The van der Waals surface area contributed by atoms with Crippen LogP contribution in [0.2, 0.25) is 0 Å². The fraction of sp³-hybridized carbons (Fsp3) is 0.781. The van der Waals surface area contributed by atoms with Crippen molar-refractivity contribution in [1.82, 2.24) is 26.6 Å². The van der Waals surface area contributed by atoms with Crippen molar-refractivity contribution in [2.75, 3.05) is 19.6 Å². The van der Waals surface area contributed by atoms with Gasteiger partial charge in [-0.1, -0.05) is 194 Å². The van der Waals surface area contributed by atoms with E-state index in [2.05, 4.69) is 47.4 Å². The Bertz CT molecular complexity index is 1710. The minimum Gasteiger partial charge on any atom is -0.481 e. The number of aliphatic carboxylic acids is 3. The first-order valence-electron chi connectivity index (χ1n) is 31.8. The average Bonchev–Trinajstić information content (AvgIpc) is 3.43. The Balaban J connectivity index is 3.34. The molecule has 0 spiro atoms. The van der Waals surface area contributed by atoms with Gasteiger partial charge in [0.15, 0.2) is 0 Å². The van der Waals surface area contributed by atoms with E-state index in [-0.39, 0.29) is 86.6 Å². The van der Waals surface area contributed by atoms with Gasteiger partial charge in [0.05, 0.1) is 0 Å². The minimum atomic E-state index is -1.46. The number of amides is 5. The zero-order valence-electron chi connectivity index (χ0n) is 50.2. The lowest BCUT2D eigenvalue weighted by molar-refractivity contribution is -0.137. The van der Waals surface area contributed by atoms with E-state index >= 15 is 0 Å². The number of benzene rings is 1. The van der Waals surface area contributed by atoms with Gasteiger partial charge in [0.25, 0.3) is 11.8 Å². The number of unbranched alkanes of at least 4 members (excludes halogenated alkanes) is 27. The van der Waals surface area contributed by atoms with Crippen LogP contribution in [0.25, 0.3) is 0 Å². The Hall–Kier alpha value is -5.02. The maximum atomic E-state index is 14.4. The number of hydrogen-bond acceptors (Lipinski definition) is 8. The molecule has 458 valence electrons. The van der Waals surface area contributed by atoms with Crippen LogP contribution in [-0.4, -0.2) is 93.5 Å². The SMILES string of the molecule is CCCCCCCCCCCCNC(=O)CCC(CCC(=O)NCCCCCCCCCCCC)(CCC(=O)NCCCCCCCCCCCC)NC(=O)c1ccc(C(=O)NC(CCC(=O)O)(CCC(=O)O)CCC(=O)O)cc1. The third-order valence-electron chi connectivity index (χ3n) is 15.7. The van der Waals surface area contributed by atoms with Crippen LogP contribution in [0, 0.1) is 0 Å². The first-order chi connectivity index (χ1) is 38.6. The second kappa shape index (κ2) is 47.6. The van der Waals surface area contributed by atoms with Crippen molar-refractivity contribution < 1.29 is 53.7 Å². The van der Waals surface area contributed by atoms with Crippen LogP contribution >= 0.6 is 0 Å². The highest BCUT2D eigenvalue weighted by atomic mass is 16.4. The lowest BCUT2D eigenvalue weighted by Gasteiger charge is -2.35. The number of carboxylic acid groups (broad SMARTS) is 3. The van der Waals surface area contributed by atoms with E-state index in [1.807, 2.05) is 0 Å². The van der Waals surface area contributed by atoms with Gasteiger partial charge in [0.1, 0.15) is 0 Å². The first kappa shape index (κ1) is 73.0. The van der Waals surface area contributed by atoms with Gasteiger partial charge < -0.3 is 41.9 Å². The van der Waals surface area contributed by atoms with Gasteiger partial charge in [-0.3, -0.25) is 38.4 Å². The monoisotopic (exact) mass is 1130 g/mol. The molecular formula is C64H111N5O11. The smallest absolute Gasteiger partial charge is 0.303 e. The van der Waals surface area contributed by atoms with E-state index in [0.29, 0.717) is 19.6 Å². The molecule has 0 atom stereocenters. The van der Waals surface area contributed by atoms with Crippen LogP contribution in [0.3, 0.4) is 0 Å². The summed E-state index contributed by atoms with van der Waals surface area (Å²) in [6.45, 7) is 8.24. The summed E-state index contributed by atoms with van der Waals surface area (Å²) in [6, 6.07) is 5.65. The molecule has 0 radical (unpaired) electrons. The quantitative estimate of drug-likeness (QED) is 0.0285. The van der Waals surface area contributed by atoms with Crippen LogP contribution in [0.15, 0.2) is 24.3 Å². The van der Waals surface area contributed by atoms with Gasteiger partial charge >= 0.3 is 17.9 Å². The fourth-order valence-corrected chi connectivity index (χ4v) is 10.4. The molecule has 1 aromatic carbocycles. The zero-order valence-corrected chi connectivity index (χ0v) is 50.2. The van der Waals surface area contributed by atoms with Crippen LogP contribution in [0.5, 0.6) is 0 Å². The molecule has 0 fully saturated rings. The summed E-state index contributed by atoms with van der Waals surface area (Å²) in [5.74, 6) is -5.38. The first-order valence-corrected chi connectivity index (χ1v) is 31.8. The predicted octanol–water partition coefficient (Wildman–Crippen LogP) is 13.7. The van der Waals surface area contributed by atoms with Crippen molar-refractivity contribution >= 4 is 47.4 Å². The summed E-state index contributed by atoms with van der Waals surface area (Å²) in [6.07, 6.45) is 33.8. The van der Waals surface area contributed by atoms with E-state index < -0.39 is 60.1 Å². The van der Waals surface area contributed by atoms with Crippen molar-refractivity contribution in [3.8, 4) is 0 Å². The van der Waals surface area contributed by atoms with E-state index in [1.165, 1.54) is 159 Å². The number of carboxylic acids is 3. The van der Waals surface area contributed by atoms with Gasteiger partial charge in [-0.05, 0) is 82.1 Å². The number of rotatable bonds is 55. The topological polar surface area (TPSA) is 257 Å². The molecule has 0 aliphatic carbocycles. The molecule has 0 heterocycles. The van der Waals surface area contributed by atoms with Gasteiger partial charge in [0, 0.05) is 80.4 Å². The molecule has 0 bridgehead atoms. The second-order valence-electron chi connectivity index (χ2n) is 22.8. The van der Waals surface area contributed by atoms with Gasteiger partial charge in [-0.25, -0.2) is 0 Å². The number of carbonyl (C=O) groups is 8. The van der Waals surface area contributed by atoms with Crippen LogP contribution < -0.4 is 26.6 Å². The molecule has 0 saturated heterocycles. The molecule has 16 nitrogen and oxygen atoms in total. The largest absolute Gasteiger partial charge is 0.481 e. The Kier molecular flexibility index (Phi) is 43.4. The molecular weight excluding hydrogens is 1010 g/mol. The maximum Gasteiger partial charge on any atom is 0.303 e. The molecule has 0 saturated carbocycles. The standard InChI is InChI=1S/C64H111N5O11/c1-4-7-10-13-16-19-22-25-28-31-50-65-55(70)38-44-63(45-39-56(71)66-51-32-29-26-23-20-17-14-11-8-5-2,46-40-57(72)67-52-33-30-27-24-21-18-15-12-9-6-3)68-61(79)53-34-36-54(37-35-53)62(80)69-64(47-41-58(73)74,48-42-59(75)76)49-43-60(77)78/h34-37H,4-33,38-52H2,1-3H3,(H,65,70)(H,66,71)(H,67,72)(H,68,79)(H,69,80)(H,73,74)(H,75,76)(H,77,78). The Morgan fingerprint density at radius 3 is 0.725 bits per heavy atom. The molecule has 1 aromatic rings. The molecule has 16 heteroatoms. The lowest BCUT2D eigenvalue weighted by atomic mass is 9.82. The minimum absolute atomic E-state index is 0.0466. The van der Waals surface area contributed by atoms with Crippen molar-refractivity contribution in [3.63, 3.8) is 0 Å². The van der Waals surface area contributed by atoms with Gasteiger partial charge in [-0.15, -0.1) is 0 Å². The average molecular weight is 1130 g/mol. The molecule has 0 aliphatic heterocycles. The van der Waals surface area contributed by atoms with Crippen molar-refractivity contribution in [2.24, 2.45) is 0 Å². The number of hydrogen-bond donors (Lipinski definition) is 8.